The first-order valence-corrected chi connectivity index (χ1v) is 6.11. The number of hydrogen-bond donors (Lipinski definition) is 1. The highest BCUT2D eigenvalue weighted by Crippen LogP contribution is 2.42. The van der Waals surface area contributed by atoms with Gasteiger partial charge in [-0.05, 0) is 25.5 Å². The number of carbonyl (C=O) groups excluding carboxylic acids is 1. The fraction of sp³-hybridized carbons (Fsp3) is 0.462. The number of rotatable bonds is 5. The molecular formula is C13H17ClO5. The van der Waals surface area contributed by atoms with Crippen molar-refractivity contribution < 1.29 is 24.1 Å². The summed E-state index contributed by atoms with van der Waals surface area (Å²) in [6.07, 6.45) is -1.44. The number of ether oxygens (including phenoxy) is 3. The smallest absolute Gasteiger partial charge is 0.339 e. The molecule has 0 aliphatic rings. The number of hydrogen-bond acceptors (Lipinski definition) is 5. The predicted octanol–water partition coefficient (Wildman–Crippen LogP) is 2.26. The highest BCUT2D eigenvalue weighted by Gasteiger charge is 2.28. The van der Waals surface area contributed by atoms with Gasteiger partial charge in [-0.25, -0.2) is 4.79 Å². The van der Waals surface area contributed by atoms with Crippen molar-refractivity contribution in [3.05, 3.63) is 22.2 Å². The zero-order chi connectivity index (χ0) is 14.6. The molecule has 0 spiro atoms. The molecule has 0 fully saturated rings. The van der Waals surface area contributed by atoms with Crippen molar-refractivity contribution in [1.82, 2.24) is 0 Å². The van der Waals surface area contributed by atoms with Crippen molar-refractivity contribution in [3.8, 4) is 11.5 Å². The molecule has 19 heavy (non-hydrogen) atoms. The van der Waals surface area contributed by atoms with E-state index >= 15 is 0 Å². The predicted molar refractivity (Wildman–Crippen MR) is 70.9 cm³/mol. The van der Waals surface area contributed by atoms with Gasteiger partial charge >= 0.3 is 5.97 Å². The molecular weight excluding hydrogens is 272 g/mol. The molecule has 1 N–H and O–H groups in total. The Morgan fingerprint density at radius 2 is 1.95 bits per heavy atom. The van der Waals surface area contributed by atoms with Gasteiger partial charge in [-0.2, -0.15) is 0 Å². The molecule has 0 aliphatic carbocycles. The van der Waals surface area contributed by atoms with Gasteiger partial charge in [0.1, 0.15) is 0 Å². The number of aryl methyl sites for hydroxylation is 1. The Morgan fingerprint density at radius 1 is 1.37 bits per heavy atom. The molecule has 106 valence electrons. The average molecular weight is 289 g/mol. The van der Waals surface area contributed by atoms with Crippen LogP contribution in [0.2, 0.25) is 5.02 Å². The molecule has 1 rings (SSSR count). The zero-order valence-electron chi connectivity index (χ0n) is 11.3. The standard InChI is InChI=1S/C13H17ClO5/c1-5-19-13(16)10(15)9-7(2)6-8(14)11(17-3)12(9)18-4/h6,10,15H,5H2,1-4H3. The van der Waals surface area contributed by atoms with E-state index in [9.17, 15) is 9.90 Å². The first-order chi connectivity index (χ1) is 8.97. The lowest BCUT2D eigenvalue weighted by molar-refractivity contribution is -0.153. The number of aliphatic hydroxyl groups is 1. The summed E-state index contributed by atoms with van der Waals surface area (Å²) < 4.78 is 15.1. The van der Waals surface area contributed by atoms with Crippen LogP contribution in [-0.2, 0) is 9.53 Å². The SMILES string of the molecule is CCOC(=O)C(O)c1c(C)cc(Cl)c(OC)c1OC. The molecule has 5 nitrogen and oxygen atoms in total. The van der Waals surface area contributed by atoms with E-state index in [1.807, 2.05) is 0 Å². The molecule has 0 aromatic heterocycles. The maximum absolute atomic E-state index is 11.6. The van der Waals surface area contributed by atoms with Crippen LogP contribution < -0.4 is 9.47 Å². The van der Waals surface area contributed by atoms with Crippen LogP contribution in [0, 0.1) is 6.92 Å². The monoisotopic (exact) mass is 288 g/mol. The lowest BCUT2D eigenvalue weighted by atomic mass is 10.0. The van der Waals surface area contributed by atoms with Crippen LogP contribution in [-0.4, -0.2) is 31.9 Å². The number of esters is 1. The third-order valence-electron chi connectivity index (χ3n) is 2.63. The fourth-order valence-electron chi connectivity index (χ4n) is 1.81. The molecule has 6 heteroatoms. The van der Waals surface area contributed by atoms with Gasteiger partial charge in [0.25, 0.3) is 0 Å². The van der Waals surface area contributed by atoms with E-state index in [0.717, 1.165) is 0 Å². The molecule has 0 bridgehead atoms. The quantitative estimate of drug-likeness (QED) is 0.842. The number of carbonyl (C=O) groups is 1. The summed E-state index contributed by atoms with van der Waals surface area (Å²) in [6, 6.07) is 1.60. The molecule has 1 aromatic rings. The fourth-order valence-corrected chi connectivity index (χ4v) is 2.14. The Balaban J connectivity index is 3.37. The van der Waals surface area contributed by atoms with Gasteiger partial charge in [-0.15, -0.1) is 0 Å². The minimum Gasteiger partial charge on any atom is -0.492 e. The summed E-state index contributed by atoms with van der Waals surface area (Å²) >= 11 is 6.03. The average Bonchev–Trinajstić information content (AvgIpc) is 2.37. The van der Waals surface area contributed by atoms with Crippen molar-refractivity contribution in [1.29, 1.82) is 0 Å². The Kier molecular flexibility index (Phi) is 5.44. The molecule has 0 amide bonds. The van der Waals surface area contributed by atoms with Gasteiger partial charge in [-0.3, -0.25) is 0 Å². The maximum atomic E-state index is 11.6. The second-order valence-corrected chi connectivity index (χ2v) is 4.22. The number of methoxy groups -OCH3 is 2. The first-order valence-electron chi connectivity index (χ1n) is 5.73. The lowest BCUT2D eigenvalue weighted by Crippen LogP contribution is -2.17. The summed E-state index contributed by atoms with van der Waals surface area (Å²) in [7, 11) is 2.84. The topological polar surface area (TPSA) is 65.0 Å². The molecule has 0 heterocycles. The summed E-state index contributed by atoms with van der Waals surface area (Å²) in [6.45, 7) is 3.56. The summed E-state index contributed by atoms with van der Waals surface area (Å²) in [5.41, 5.74) is 0.908. The lowest BCUT2D eigenvalue weighted by Gasteiger charge is -2.19. The van der Waals surface area contributed by atoms with Gasteiger partial charge < -0.3 is 19.3 Å². The molecule has 0 saturated heterocycles. The van der Waals surface area contributed by atoms with Crippen molar-refractivity contribution in [3.63, 3.8) is 0 Å². The summed E-state index contributed by atoms with van der Waals surface area (Å²) in [5.74, 6) is -0.241. The van der Waals surface area contributed by atoms with Crippen LogP contribution >= 0.6 is 11.6 Å². The molecule has 1 aromatic carbocycles. The molecule has 0 aliphatic heterocycles. The van der Waals surface area contributed by atoms with E-state index in [-0.39, 0.29) is 18.1 Å². The van der Waals surface area contributed by atoms with E-state index in [4.69, 9.17) is 25.8 Å². The Morgan fingerprint density at radius 3 is 2.42 bits per heavy atom. The highest BCUT2D eigenvalue weighted by atomic mass is 35.5. The molecule has 0 radical (unpaired) electrons. The van der Waals surface area contributed by atoms with Crippen LogP contribution in [0.3, 0.4) is 0 Å². The molecule has 0 saturated carbocycles. The first kappa shape index (κ1) is 15.6. The number of aliphatic hydroxyl groups excluding tert-OH is 1. The Labute approximate surface area is 117 Å². The minimum absolute atomic E-state index is 0.183. The van der Waals surface area contributed by atoms with E-state index in [0.29, 0.717) is 16.1 Å². The molecule has 1 unspecified atom stereocenters. The second-order valence-electron chi connectivity index (χ2n) is 3.81. The van der Waals surface area contributed by atoms with E-state index < -0.39 is 12.1 Å². The van der Waals surface area contributed by atoms with Crippen molar-refractivity contribution in [2.45, 2.75) is 20.0 Å². The Hall–Kier alpha value is -1.46. The third kappa shape index (κ3) is 3.11. The summed E-state index contributed by atoms with van der Waals surface area (Å²) in [5, 5.41) is 10.4. The van der Waals surface area contributed by atoms with Gasteiger partial charge in [0, 0.05) is 5.56 Å². The van der Waals surface area contributed by atoms with Crippen LogP contribution in [0.5, 0.6) is 11.5 Å². The molecule has 1 atom stereocenters. The zero-order valence-corrected chi connectivity index (χ0v) is 12.1. The number of halogens is 1. The second kappa shape index (κ2) is 6.63. The van der Waals surface area contributed by atoms with Crippen LogP contribution in [0.1, 0.15) is 24.2 Å². The van der Waals surface area contributed by atoms with E-state index in [1.165, 1.54) is 14.2 Å². The van der Waals surface area contributed by atoms with Crippen LogP contribution in [0.15, 0.2) is 6.07 Å². The number of benzene rings is 1. The van der Waals surface area contributed by atoms with Crippen LogP contribution in [0.4, 0.5) is 0 Å². The normalized spacial score (nSPS) is 11.9. The van der Waals surface area contributed by atoms with Crippen LogP contribution in [0.25, 0.3) is 0 Å². The van der Waals surface area contributed by atoms with Gasteiger partial charge in [0.15, 0.2) is 17.6 Å². The maximum Gasteiger partial charge on any atom is 0.339 e. The van der Waals surface area contributed by atoms with Gasteiger partial charge in [-0.1, -0.05) is 11.6 Å². The highest BCUT2D eigenvalue weighted by molar-refractivity contribution is 6.32. The van der Waals surface area contributed by atoms with Gasteiger partial charge in [0.05, 0.1) is 25.8 Å². The van der Waals surface area contributed by atoms with Crippen molar-refractivity contribution in [2.24, 2.45) is 0 Å². The van der Waals surface area contributed by atoms with Gasteiger partial charge in [0.2, 0.25) is 0 Å². The summed E-state index contributed by atoms with van der Waals surface area (Å²) in [4.78, 5) is 11.6. The van der Waals surface area contributed by atoms with Crippen molar-refractivity contribution >= 4 is 17.6 Å². The van der Waals surface area contributed by atoms with Crippen molar-refractivity contribution in [2.75, 3.05) is 20.8 Å². The van der Waals surface area contributed by atoms with E-state index in [1.54, 1.807) is 19.9 Å². The third-order valence-corrected chi connectivity index (χ3v) is 2.91. The largest absolute Gasteiger partial charge is 0.492 e. The minimum atomic E-state index is -1.44. The Bertz CT molecular complexity index is 473. The van der Waals surface area contributed by atoms with E-state index in [2.05, 4.69) is 0 Å².